The van der Waals surface area contributed by atoms with Crippen LogP contribution in [0.25, 0.3) is 0 Å². The van der Waals surface area contributed by atoms with E-state index < -0.39 is 10.0 Å². The van der Waals surface area contributed by atoms with Crippen molar-refractivity contribution in [2.75, 3.05) is 11.9 Å². The van der Waals surface area contributed by atoms with Gasteiger partial charge >= 0.3 is 0 Å². The van der Waals surface area contributed by atoms with Gasteiger partial charge in [-0.1, -0.05) is 38.2 Å². The lowest BCUT2D eigenvalue weighted by molar-refractivity contribution is 0.426. The normalized spacial score (nSPS) is 20.4. The zero-order chi connectivity index (χ0) is 14.7. The molecule has 0 bridgehead atoms. The van der Waals surface area contributed by atoms with Crippen molar-refractivity contribution in [2.24, 2.45) is 0 Å². The van der Waals surface area contributed by atoms with Crippen molar-refractivity contribution in [2.45, 2.75) is 62.3 Å². The Balaban J connectivity index is 1.73. The van der Waals surface area contributed by atoms with Crippen LogP contribution in [-0.2, 0) is 16.4 Å². The van der Waals surface area contributed by atoms with E-state index in [1.807, 2.05) is 6.07 Å². The Labute approximate surface area is 127 Å². The number of anilines is 1. The summed E-state index contributed by atoms with van der Waals surface area (Å²) in [5, 5.41) is 3.24. The summed E-state index contributed by atoms with van der Waals surface area (Å²) in [5.74, 6) is 0. The van der Waals surface area contributed by atoms with Gasteiger partial charge < -0.3 is 5.32 Å². The molecule has 1 aliphatic carbocycles. The van der Waals surface area contributed by atoms with E-state index in [1.54, 1.807) is 12.1 Å². The molecule has 0 aromatic heterocycles. The molecule has 3 rings (SSSR count). The molecule has 0 unspecified atom stereocenters. The van der Waals surface area contributed by atoms with Crippen LogP contribution in [0, 0.1) is 0 Å². The molecule has 1 heterocycles. The van der Waals surface area contributed by atoms with Crippen LogP contribution in [0.1, 0.15) is 50.5 Å². The highest BCUT2D eigenvalue weighted by atomic mass is 32.2. The lowest BCUT2D eigenvalue weighted by Gasteiger charge is -2.21. The number of hydrogen-bond acceptors (Lipinski definition) is 3. The summed E-state index contributed by atoms with van der Waals surface area (Å²) in [6.45, 7) is 0.898. The SMILES string of the molecule is O=S(=O)(NC1CCCCCCC1)c1ccc2c(c1)NCC2. The first-order valence-corrected chi connectivity index (χ1v) is 9.53. The van der Waals surface area contributed by atoms with Gasteiger partial charge in [-0.15, -0.1) is 0 Å². The molecule has 2 N–H and O–H groups in total. The molecule has 1 aromatic rings. The number of sulfonamides is 1. The maximum absolute atomic E-state index is 12.6. The van der Waals surface area contributed by atoms with E-state index in [1.165, 1.54) is 24.8 Å². The first kappa shape index (κ1) is 14.9. The number of nitrogens with one attached hydrogen (secondary N) is 2. The van der Waals surface area contributed by atoms with E-state index in [9.17, 15) is 8.42 Å². The van der Waals surface area contributed by atoms with Crippen LogP contribution in [0.15, 0.2) is 23.1 Å². The van der Waals surface area contributed by atoms with Gasteiger partial charge in [-0.25, -0.2) is 13.1 Å². The molecule has 0 spiro atoms. The Morgan fingerprint density at radius 1 is 1.05 bits per heavy atom. The average molecular weight is 308 g/mol. The summed E-state index contributed by atoms with van der Waals surface area (Å²) in [5.41, 5.74) is 2.18. The quantitative estimate of drug-likeness (QED) is 0.902. The minimum absolute atomic E-state index is 0.0940. The fourth-order valence-corrected chi connectivity index (χ4v) is 4.63. The summed E-state index contributed by atoms with van der Waals surface area (Å²) < 4.78 is 28.0. The van der Waals surface area contributed by atoms with E-state index in [0.29, 0.717) is 4.90 Å². The second kappa shape index (κ2) is 6.36. The number of hydrogen-bond donors (Lipinski definition) is 2. The second-order valence-electron chi connectivity index (χ2n) is 6.16. The molecule has 116 valence electrons. The van der Waals surface area contributed by atoms with E-state index >= 15 is 0 Å². The van der Waals surface area contributed by atoms with Crippen LogP contribution < -0.4 is 10.0 Å². The molecule has 21 heavy (non-hydrogen) atoms. The fraction of sp³-hybridized carbons (Fsp3) is 0.625. The van der Waals surface area contributed by atoms with Gasteiger partial charge in [0, 0.05) is 18.3 Å². The van der Waals surface area contributed by atoms with Crippen molar-refractivity contribution < 1.29 is 8.42 Å². The van der Waals surface area contributed by atoms with E-state index in [2.05, 4.69) is 10.0 Å². The molecule has 5 heteroatoms. The van der Waals surface area contributed by atoms with Crippen molar-refractivity contribution in [3.63, 3.8) is 0 Å². The van der Waals surface area contributed by atoms with Crippen molar-refractivity contribution >= 4 is 15.7 Å². The Hall–Kier alpha value is -1.07. The maximum atomic E-state index is 12.6. The zero-order valence-electron chi connectivity index (χ0n) is 12.4. The molecule has 0 saturated heterocycles. The molecule has 1 fully saturated rings. The summed E-state index contributed by atoms with van der Waals surface area (Å²) >= 11 is 0. The molecule has 0 radical (unpaired) electrons. The minimum Gasteiger partial charge on any atom is -0.384 e. The third-order valence-corrected chi connectivity index (χ3v) is 6.05. The Morgan fingerprint density at radius 2 is 1.76 bits per heavy atom. The fourth-order valence-electron chi connectivity index (χ4n) is 3.30. The largest absolute Gasteiger partial charge is 0.384 e. The van der Waals surface area contributed by atoms with Crippen LogP contribution in [0.4, 0.5) is 5.69 Å². The van der Waals surface area contributed by atoms with Crippen LogP contribution >= 0.6 is 0 Å². The average Bonchev–Trinajstić information content (AvgIpc) is 2.89. The van der Waals surface area contributed by atoms with Crippen molar-refractivity contribution in [1.82, 2.24) is 4.72 Å². The van der Waals surface area contributed by atoms with Crippen molar-refractivity contribution in [3.05, 3.63) is 23.8 Å². The van der Waals surface area contributed by atoms with E-state index in [4.69, 9.17) is 0 Å². The number of fused-ring (bicyclic) bond motifs is 1. The zero-order valence-corrected chi connectivity index (χ0v) is 13.2. The monoisotopic (exact) mass is 308 g/mol. The van der Waals surface area contributed by atoms with Crippen LogP contribution in [0.5, 0.6) is 0 Å². The van der Waals surface area contributed by atoms with Gasteiger partial charge in [0.2, 0.25) is 10.0 Å². The highest BCUT2D eigenvalue weighted by Gasteiger charge is 2.22. The minimum atomic E-state index is -3.40. The summed E-state index contributed by atoms with van der Waals surface area (Å²) in [6.07, 6.45) is 8.88. The second-order valence-corrected chi connectivity index (χ2v) is 7.87. The van der Waals surface area contributed by atoms with Gasteiger partial charge in [0.25, 0.3) is 0 Å². The van der Waals surface area contributed by atoms with Gasteiger partial charge in [-0.2, -0.15) is 0 Å². The predicted octanol–water partition coefficient (Wildman–Crippen LogP) is 3.05. The molecule has 4 nitrogen and oxygen atoms in total. The smallest absolute Gasteiger partial charge is 0.240 e. The molecule has 1 aliphatic heterocycles. The molecule has 0 atom stereocenters. The predicted molar refractivity (Wildman–Crippen MR) is 85.1 cm³/mol. The maximum Gasteiger partial charge on any atom is 0.240 e. The van der Waals surface area contributed by atoms with E-state index in [0.717, 1.165) is 44.3 Å². The van der Waals surface area contributed by atoms with Gasteiger partial charge in [-0.3, -0.25) is 0 Å². The van der Waals surface area contributed by atoms with Gasteiger partial charge in [0.1, 0.15) is 0 Å². The lowest BCUT2D eigenvalue weighted by Crippen LogP contribution is -2.35. The summed E-state index contributed by atoms with van der Waals surface area (Å²) in [6, 6.07) is 5.53. The van der Waals surface area contributed by atoms with Crippen LogP contribution in [0.2, 0.25) is 0 Å². The Bertz CT molecular complexity index is 590. The standard InChI is InChI=1S/C16H24N2O2S/c19-21(20,18-14-6-4-2-1-3-5-7-14)15-9-8-13-10-11-17-16(13)12-15/h8-9,12,14,17-18H,1-7,10-11H2. The lowest BCUT2D eigenvalue weighted by atomic mass is 9.97. The summed E-state index contributed by atoms with van der Waals surface area (Å²) in [4.78, 5) is 0.387. The molecule has 1 saturated carbocycles. The molecule has 1 aromatic carbocycles. The topological polar surface area (TPSA) is 58.2 Å². The Morgan fingerprint density at radius 3 is 2.52 bits per heavy atom. The van der Waals surface area contributed by atoms with Crippen molar-refractivity contribution in [3.8, 4) is 0 Å². The van der Waals surface area contributed by atoms with E-state index in [-0.39, 0.29) is 6.04 Å². The van der Waals surface area contributed by atoms with Gasteiger partial charge in [0.05, 0.1) is 4.90 Å². The highest BCUT2D eigenvalue weighted by molar-refractivity contribution is 7.89. The summed E-state index contributed by atoms with van der Waals surface area (Å²) in [7, 11) is -3.40. The van der Waals surface area contributed by atoms with Crippen LogP contribution in [-0.4, -0.2) is 21.0 Å². The molecular formula is C16H24N2O2S. The van der Waals surface area contributed by atoms with Gasteiger partial charge in [-0.05, 0) is 37.0 Å². The third kappa shape index (κ3) is 3.58. The Kier molecular flexibility index (Phi) is 4.50. The molecule has 2 aliphatic rings. The number of benzene rings is 1. The van der Waals surface area contributed by atoms with Crippen molar-refractivity contribution in [1.29, 1.82) is 0 Å². The molecule has 0 amide bonds. The van der Waals surface area contributed by atoms with Gasteiger partial charge in [0.15, 0.2) is 0 Å². The highest BCUT2D eigenvalue weighted by Crippen LogP contribution is 2.26. The first-order chi connectivity index (χ1) is 10.1. The first-order valence-electron chi connectivity index (χ1n) is 8.04. The molecular weight excluding hydrogens is 284 g/mol. The van der Waals surface area contributed by atoms with Crippen LogP contribution in [0.3, 0.4) is 0 Å². The third-order valence-electron chi connectivity index (χ3n) is 4.53. The number of rotatable bonds is 3.